The van der Waals surface area contributed by atoms with Crippen LogP contribution in [0.5, 0.6) is 11.5 Å². The van der Waals surface area contributed by atoms with Gasteiger partial charge in [0.25, 0.3) is 0 Å². The van der Waals surface area contributed by atoms with E-state index in [9.17, 15) is 19.9 Å². The maximum atomic E-state index is 12.1. The van der Waals surface area contributed by atoms with Gasteiger partial charge in [-0.2, -0.15) is 0 Å². The van der Waals surface area contributed by atoms with Gasteiger partial charge in [-0.15, -0.1) is 4.91 Å². The number of rotatable bonds is 2. The Morgan fingerprint density at radius 2 is 1.67 bits per heavy atom. The van der Waals surface area contributed by atoms with E-state index in [0.29, 0.717) is 5.56 Å². The zero-order valence-corrected chi connectivity index (χ0v) is 10.6. The molecule has 0 saturated heterocycles. The van der Waals surface area contributed by atoms with Crippen molar-refractivity contribution in [1.29, 1.82) is 0 Å². The van der Waals surface area contributed by atoms with Gasteiger partial charge in [-0.1, -0.05) is 0 Å². The molecule has 3 rings (SSSR count). The highest BCUT2D eigenvalue weighted by atomic mass is 16.3. The van der Waals surface area contributed by atoms with Gasteiger partial charge in [0, 0.05) is 23.8 Å². The average molecular weight is 283 g/mol. The summed E-state index contributed by atoms with van der Waals surface area (Å²) in [5, 5.41) is 21.5. The summed E-state index contributed by atoms with van der Waals surface area (Å²) < 4.78 is 5.55. The number of nitrogens with zero attached hydrogens (tertiary/aromatic N) is 1. The number of phenols is 2. The van der Waals surface area contributed by atoms with Gasteiger partial charge in [-0.3, -0.25) is 4.79 Å². The Morgan fingerprint density at radius 1 is 0.952 bits per heavy atom. The molecule has 0 fully saturated rings. The zero-order chi connectivity index (χ0) is 15.0. The van der Waals surface area contributed by atoms with Crippen molar-refractivity contribution in [2.45, 2.75) is 0 Å². The second-order valence-corrected chi connectivity index (χ2v) is 4.45. The summed E-state index contributed by atoms with van der Waals surface area (Å²) in [4.78, 5) is 22.9. The molecule has 2 aromatic carbocycles. The van der Waals surface area contributed by atoms with E-state index in [4.69, 9.17) is 4.42 Å². The van der Waals surface area contributed by atoms with Crippen LogP contribution in [0.1, 0.15) is 0 Å². The van der Waals surface area contributed by atoms with Gasteiger partial charge in [0.05, 0.1) is 5.39 Å². The van der Waals surface area contributed by atoms with Crippen molar-refractivity contribution < 1.29 is 14.6 Å². The standard InChI is InChI=1S/C15H9NO5/c17-9-3-1-8(2-4-9)13-7-12(19)15-11(16-20)5-10(18)6-14(15)21-13/h1-7,17-18H. The Balaban J connectivity index is 2.31. The molecule has 0 aliphatic rings. The van der Waals surface area contributed by atoms with Crippen LogP contribution in [0, 0.1) is 4.91 Å². The molecular formula is C15H9NO5. The number of aromatic hydroxyl groups is 2. The molecule has 21 heavy (non-hydrogen) atoms. The first-order valence-corrected chi connectivity index (χ1v) is 6.02. The summed E-state index contributed by atoms with van der Waals surface area (Å²) in [6.07, 6.45) is 0. The van der Waals surface area contributed by atoms with E-state index in [1.165, 1.54) is 24.3 Å². The molecule has 104 valence electrons. The van der Waals surface area contributed by atoms with Crippen LogP contribution in [0.15, 0.2) is 56.9 Å². The fourth-order valence-corrected chi connectivity index (χ4v) is 2.09. The Kier molecular flexibility index (Phi) is 2.91. The smallest absolute Gasteiger partial charge is 0.195 e. The van der Waals surface area contributed by atoms with E-state index in [0.717, 1.165) is 6.07 Å². The Hall–Kier alpha value is -3.15. The van der Waals surface area contributed by atoms with Crippen LogP contribution in [0.25, 0.3) is 22.3 Å². The van der Waals surface area contributed by atoms with Crippen LogP contribution in [0.4, 0.5) is 5.69 Å². The third-order valence-electron chi connectivity index (χ3n) is 3.04. The van der Waals surface area contributed by atoms with E-state index in [1.807, 2.05) is 0 Å². The quantitative estimate of drug-likeness (QED) is 0.703. The molecule has 0 radical (unpaired) electrons. The van der Waals surface area contributed by atoms with Gasteiger partial charge >= 0.3 is 0 Å². The molecule has 0 amide bonds. The highest BCUT2D eigenvalue weighted by Crippen LogP contribution is 2.31. The number of hydrogen-bond acceptors (Lipinski definition) is 6. The molecule has 0 bridgehead atoms. The van der Waals surface area contributed by atoms with Gasteiger partial charge in [-0.05, 0) is 29.4 Å². The third kappa shape index (κ3) is 2.23. The summed E-state index contributed by atoms with van der Waals surface area (Å²) in [6, 6.07) is 9.67. The van der Waals surface area contributed by atoms with Crippen LogP contribution in [0.2, 0.25) is 0 Å². The van der Waals surface area contributed by atoms with Crippen molar-refractivity contribution in [2.24, 2.45) is 5.18 Å². The summed E-state index contributed by atoms with van der Waals surface area (Å²) >= 11 is 0. The lowest BCUT2D eigenvalue weighted by Crippen LogP contribution is -2.00. The fourth-order valence-electron chi connectivity index (χ4n) is 2.09. The van der Waals surface area contributed by atoms with Gasteiger partial charge < -0.3 is 14.6 Å². The number of nitroso groups, excluding NO2 is 1. The molecule has 6 nitrogen and oxygen atoms in total. The van der Waals surface area contributed by atoms with Crippen molar-refractivity contribution in [3.05, 3.63) is 57.6 Å². The van der Waals surface area contributed by atoms with Gasteiger partial charge in [0.15, 0.2) is 5.43 Å². The summed E-state index contributed by atoms with van der Waals surface area (Å²) in [6.45, 7) is 0. The van der Waals surface area contributed by atoms with Gasteiger partial charge in [0.1, 0.15) is 28.5 Å². The van der Waals surface area contributed by atoms with E-state index in [1.54, 1.807) is 12.1 Å². The summed E-state index contributed by atoms with van der Waals surface area (Å²) in [7, 11) is 0. The monoisotopic (exact) mass is 283 g/mol. The van der Waals surface area contributed by atoms with Crippen molar-refractivity contribution >= 4 is 16.7 Å². The minimum absolute atomic E-state index is 0.0188. The molecule has 6 heteroatoms. The normalized spacial score (nSPS) is 10.7. The topological polar surface area (TPSA) is 100 Å². The summed E-state index contributed by atoms with van der Waals surface area (Å²) in [5.41, 5.74) is 0.0425. The largest absolute Gasteiger partial charge is 0.508 e. The highest BCUT2D eigenvalue weighted by molar-refractivity contribution is 5.90. The predicted molar refractivity (Wildman–Crippen MR) is 76.7 cm³/mol. The van der Waals surface area contributed by atoms with E-state index < -0.39 is 5.43 Å². The molecule has 0 spiro atoms. The predicted octanol–water partition coefficient (Wildman–Crippen LogP) is 3.27. The molecular weight excluding hydrogens is 274 g/mol. The Labute approximate surface area is 117 Å². The molecule has 1 aromatic heterocycles. The minimum Gasteiger partial charge on any atom is -0.508 e. The SMILES string of the molecule is O=Nc1cc(O)cc2oc(-c3ccc(O)cc3)cc(=O)c12. The van der Waals surface area contributed by atoms with Crippen LogP contribution < -0.4 is 5.43 Å². The van der Waals surface area contributed by atoms with Crippen LogP contribution in [-0.2, 0) is 0 Å². The third-order valence-corrected chi connectivity index (χ3v) is 3.04. The van der Waals surface area contributed by atoms with Crippen molar-refractivity contribution in [1.82, 2.24) is 0 Å². The number of fused-ring (bicyclic) bond motifs is 1. The van der Waals surface area contributed by atoms with Gasteiger partial charge in [-0.25, -0.2) is 0 Å². The second-order valence-electron chi connectivity index (χ2n) is 4.45. The lowest BCUT2D eigenvalue weighted by molar-refractivity contribution is 0.474. The molecule has 0 unspecified atom stereocenters. The lowest BCUT2D eigenvalue weighted by Gasteiger charge is -2.05. The lowest BCUT2D eigenvalue weighted by atomic mass is 10.1. The number of benzene rings is 2. The number of phenolic OH excluding ortho intramolecular Hbond substituents is 2. The maximum Gasteiger partial charge on any atom is 0.195 e. The van der Waals surface area contributed by atoms with E-state index >= 15 is 0 Å². The van der Waals surface area contributed by atoms with E-state index in [-0.39, 0.29) is 33.9 Å². The van der Waals surface area contributed by atoms with Crippen LogP contribution in [-0.4, -0.2) is 10.2 Å². The Bertz CT molecular complexity index is 896. The van der Waals surface area contributed by atoms with E-state index in [2.05, 4.69) is 5.18 Å². The van der Waals surface area contributed by atoms with Crippen molar-refractivity contribution in [3.63, 3.8) is 0 Å². The minimum atomic E-state index is -0.436. The van der Waals surface area contributed by atoms with Crippen molar-refractivity contribution in [3.8, 4) is 22.8 Å². The second kappa shape index (κ2) is 4.75. The fraction of sp³-hybridized carbons (Fsp3) is 0. The first-order valence-electron chi connectivity index (χ1n) is 6.02. The zero-order valence-electron chi connectivity index (χ0n) is 10.6. The molecule has 2 N–H and O–H groups in total. The van der Waals surface area contributed by atoms with Crippen LogP contribution >= 0.6 is 0 Å². The molecule has 0 aliphatic heterocycles. The molecule has 0 atom stereocenters. The van der Waals surface area contributed by atoms with Crippen LogP contribution in [0.3, 0.4) is 0 Å². The molecule has 0 aliphatic carbocycles. The highest BCUT2D eigenvalue weighted by Gasteiger charge is 2.13. The first-order chi connectivity index (χ1) is 10.1. The average Bonchev–Trinajstić information content (AvgIpc) is 2.46. The maximum absolute atomic E-state index is 12.1. The summed E-state index contributed by atoms with van der Waals surface area (Å²) in [5.74, 6) is 0.130. The van der Waals surface area contributed by atoms with Crippen molar-refractivity contribution in [2.75, 3.05) is 0 Å². The molecule has 1 heterocycles. The van der Waals surface area contributed by atoms with Gasteiger partial charge in [0.2, 0.25) is 0 Å². The molecule has 0 saturated carbocycles. The first kappa shape index (κ1) is 12.9. The number of hydrogen-bond donors (Lipinski definition) is 2. The molecule has 3 aromatic rings. The Morgan fingerprint density at radius 3 is 2.33 bits per heavy atom.